The minimum atomic E-state index is -1.07. The van der Waals surface area contributed by atoms with Crippen LogP contribution in [0, 0.1) is 12.7 Å². The molecule has 0 amide bonds. The first-order valence-electron chi connectivity index (χ1n) is 5.50. The van der Waals surface area contributed by atoms with Crippen molar-refractivity contribution in [1.29, 1.82) is 0 Å². The number of aromatic nitrogens is 2. The highest BCUT2D eigenvalue weighted by Crippen LogP contribution is 2.22. The maximum absolute atomic E-state index is 13.6. The molecule has 1 N–H and O–H groups in total. The van der Waals surface area contributed by atoms with Gasteiger partial charge in [-0.25, -0.2) is 19.2 Å². The summed E-state index contributed by atoms with van der Waals surface area (Å²) in [5.41, 5.74) is 1.23. The molecule has 0 aliphatic rings. The third kappa shape index (κ3) is 3.51. The third-order valence-electron chi connectivity index (χ3n) is 2.42. The molecule has 0 atom stereocenters. The maximum atomic E-state index is 13.6. The van der Waals surface area contributed by atoms with Crippen molar-refractivity contribution < 1.29 is 14.3 Å². The van der Waals surface area contributed by atoms with Crippen LogP contribution < -0.4 is 0 Å². The summed E-state index contributed by atoms with van der Waals surface area (Å²) in [6, 6.07) is 5.52. The number of aryl methyl sites for hydroxylation is 1. The first kappa shape index (κ1) is 13.5. The van der Waals surface area contributed by atoms with E-state index in [1.165, 1.54) is 23.9 Å². The van der Waals surface area contributed by atoms with E-state index >= 15 is 0 Å². The molecule has 0 bridgehead atoms. The van der Waals surface area contributed by atoms with E-state index in [1.807, 2.05) is 6.92 Å². The van der Waals surface area contributed by atoms with Gasteiger partial charge in [0, 0.05) is 17.6 Å². The van der Waals surface area contributed by atoms with Gasteiger partial charge in [-0.15, -0.1) is 0 Å². The standard InChI is InChI=1S/C13H11FN2O2S/c1-8-4-5-15-13(16-8)19-7-10-6-9(12(17)18)2-3-11(10)14/h2-6H,7H2,1H3,(H,17,18). The predicted molar refractivity (Wildman–Crippen MR) is 69.7 cm³/mol. The molecule has 0 unspecified atom stereocenters. The molecular formula is C13H11FN2O2S. The number of aromatic carboxylic acids is 1. The average molecular weight is 278 g/mol. The molecule has 0 radical (unpaired) electrons. The summed E-state index contributed by atoms with van der Waals surface area (Å²) in [4.78, 5) is 19.1. The molecule has 19 heavy (non-hydrogen) atoms. The summed E-state index contributed by atoms with van der Waals surface area (Å²) in [5.74, 6) is -1.21. The van der Waals surface area contributed by atoms with Crippen LogP contribution in [0.15, 0.2) is 35.6 Å². The van der Waals surface area contributed by atoms with Gasteiger partial charge in [-0.05, 0) is 36.8 Å². The highest BCUT2D eigenvalue weighted by Gasteiger charge is 2.09. The van der Waals surface area contributed by atoms with Gasteiger partial charge in [0.1, 0.15) is 5.82 Å². The number of hydrogen-bond acceptors (Lipinski definition) is 4. The van der Waals surface area contributed by atoms with Gasteiger partial charge in [0.15, 0.2) is 5.16 Å². The normalized spacial score (nSPS) is 10.4. The smallest absolute Gasteiger partial charge is 0.335 e. The molecule has 6 heteroatoms. The van der Waals surface area contributed by atoms with E-state index in [1.54, 1.807) is 12.3 Å². The lowest BCUT2D eigenvalue weighted by atomic mass is 10.1. The van der Waals surface area contributed by atoms with Gasteiger partial charge in [0.2, 0.25) is 0 Å². The van der Waals surface area contributed by atoms with Crippen molar-refractivity contribution in [2.24, 2.45) is 0 Å². The van der Waals surface area contributed by atoms with Crippen LogP contribution in [0.3, 0.4) is 0 Å². The van der Waals surface area contributed by atoms with Crippen LogP contribution >= 0.6 is 11.8 Å². The number of hydrogen-bond donors (Lipinski definition) is 1. The Hall–Kier alpha value is -1.95. The molecule has 0 aliphatic carbocycles. The number of benzene rings is 1. The zero-order valence-electron chi connectivity index (χ0n) is 10.1. The highest BCUT2D eigenvalue weighted by atomic mass is 32.2. The number of carboxylic acids is 1. The minimum absolute atomic E-state index is 0.0714. The maximum Gasteiger partial charge on any atom is 0.335 e. The van der Waals surface area contributed by atoms with Crippen LogP contribution in [0.2, 0.25) is 0 Å². The van der Waals surface area contributed by atoms with Gasteiger partial charge in [-0.2, -0.15) is 0 Å². The van der Waals surface area contributed by atoms with Crippen LogP contribution in [0.25, 0.3) is 0 Å². The van der Waals surface area contributed by atoms with Gasteiger partial charge in [0.05, 0.1) is 5.56 Å². The first-order chi connectivity index (χ1) is 9.06. The first-order valence-corrected chi connectivity index (χ1v) is 6.49. The van der Waals surface area contributed by atoms with Gasteiger partial charge in [-0.1, -0.05) is 11.8 Å². The molecule has 0 spiro atoms. The Labute approximate surface area is 113 Å². The molecule has 1 heterocycles. The molecule has 0 saturated heterocycles. The SMILES string of the molecule is Cc1ccnc(SCc2cc(C(=O)O)ccc2F)n1. The molecule has 0 fully saturated rings. The van der Waals surface area contributed by atoms with E-state index in [9.17, 15) is 9.18 Å². The number of nitrogens with zero attached hydrogens (tertiary/aromatic N) is 2. The zero-order chi connectivity index (χ0) is 13.8. The number of carboxylic acid groups (broad SMARTS) is 1. The Bertz CT molecular complexity index is 619. The van der Waals surface area contributed by atoms with Crippen molar-refractivity contribution in [3.63, 3.8) is 0 Å². The Kier molecular flexibility index (Phi) is 4.11. The lowest BCUT2D eigenvalue weighted by Crippen LogP contribution is -1.99. The van der Waals surface area contributed by atoms with Gasteiger partial charge < -0.3 is 5.11 Å². The van der Waals surface area contributed by atoms with Crippen molar-refractivity contribution in [3.05, 3.63) is 53.1 Å². The topological polar surface area (TPSA) is 63.1 Å². The van der Waals surface area contributed by atoms with Crippen LogP contribution in [-0.4, -0.2) is 21.0 Å². The summed E-state index contributed by atoms with van der Waals surface area (Å²) in [6.07, 6.45) is 1.63. The third-order valence-corrected chi connectivity index (χ3v) is 3.33. The zero-order valence-corrected chi connectivity index (χ0v) is 10.9. The Morgan fingerprint density at radius 3 is 2.89 bits per heavy atom. The summed E-state index contributed by atoms with van der Waals surface area (Å²) in [7, 11) is 0. The quantitative estimate of drug-likeness (QED) is 0.688. The molecule has 2 aromatic rings. The van der Waals surface area contributed by atoms with E-state index in [4.69, 9.17) is 5.11 Å². The molecule has 98 valence electrons. The van der Waals surface area contributed by atoms with E-state index in [0.29, 0.717) is 10.7 Å². The van der Waals surface area contributed by atoms with Crippen molar-refractivity contribution >= 4 is 17.7 Å². The van der Waals surface area contributed by atoms with Crippen LogP contribution in [0.4, 0.5) is 4.39 Å². The lowest BCUT2D eigenvalue weighted by Gasteiger charge is -2.04. The second kappa shape index (κ2) is 5.79. The minimum Gasteiger partial charge on any atom is -0.478 e. The highest BCUT2D eigenvalue weighted by molar-refractivity contribution is 7.98. The molecule has 1 aromatic heterocycles. The van der Waals surface area contributed by atoms with E-state index in [0.717, 1.165) is 11.8 Å². The van der Waals surface area contributed by atoms with Crippen LogP contribution in [0.1, 0.15) is 21.6 Å². The summed E-state index contributed by atoms with van der Waals surface area (Å²) in [6.45, 7) is 1.84. The van der Waals surface area contributed by atoms with Crippen LogP contribution in [0.5, 0.6) is 0 Å². The second-order valence-electron chi connectivity index (χ2n) is 3.88. The predicted octanol–water partition coefficient (Wildman–Crippen LogP) is 2.91. The molecule has 4 nitrogen and oxygen atoms in total. The number of carbonyl (C=O) groups is 1. The number of rotatable bonds is 4. The monoisotopic (exact) mass is 278 g/mol. The summed E-state index contributed by atoms with van der Waals surface area (Å²) < 4.78 is 13.6. The van der Waals surface area contributed by atoms with E-state index < -0.39 is 11.8 Å². The Balaban J connectivity index is 2.15. The lowest BCUT2D eigenvalue weighted by molar-refractivity contribution is 0.0696. The summed E-state index contributed by atoms with van der Waals surface area (Å²) in [5, 5.41) is 9.41. The second-order valence-corrected chi connectivity index (χ2v) is 4.82. The Morgan fingerprint density at radius 1 is 1.42 bits per heavy atom. The molecule has 1 aromatic carbocycles. The number of halogens is 1. The van der Waals surface area contributed by atoms with Gasteiger partial charge >= 0.3 is 5.97 Å². The fourth-order valence-electron chi connectivity index (χ4n) is 1.46. The van der Waals surface area contributed by atoms with Crippen molar-refractivity contribution in [1.82, 2.24) is 9.97 Å². The molecular weight excluding hydrogens is 267 g/mol. The van der Waals surface area contributed by atoms with Crippen molar-refractivity contribution in [3.8, 4) is 0 Å². The largest absolute Gasteiger partial charge is 0.478 e. The number of thioether (sulfide) groups is 1. The fraction of sp³-hybridized carbons (Fsp3) is 0.154. The summed E-state index contributed by atoms with van der Waals surface area (Å²) >= 11 is 1.27. The molecule has 0 saturated carbocycles. The average Bonchev–Trinajstić information content (AvgIpc) is 2.37. The van der Waals surface area contributed by atoms with Crippen LogP contribution in [-0.2, 0) is 5.75 Å². The van der Waals surface area contributed by atoms with Crippen molar-refractivity contribution in [2.45, 2.75) is 17.8 Å². The van der Waals surface area contributed by atoms with E-state index in [-0.39, 0.29) is 11.3 Å². The Morgan fingerprint density at radius 2 is 2.21 bits per heavy atom. The van der Waals surface area contributed by atoms with Gasteiger partial charge in [0.25, 0.3) is 0 Å². The van der Waals surface area contributed by atoms with E-state index in [2.05, 4.69) is 9.97 Å². The molecule has 0 aliphatic heterocycles. The van der Waals surface area contributed by atoms with Gasteiger partial charge in [-0.3, -0.25) is 0 Å². The van der Waals surface area contributed by atoms with Crippen molar-refractivity contribution in [2.75, 3.05) is 0 Å². The molecule has 2 rings (SSSR count). The fourth-order valence-corrected chi connectivity index (χ4v) is 2.31.